The summed E-state index contributed by atoms with van der Waals surface area (Å²) in [6, 6.07) is 13.0. The average Bonchev–Trinajstić information content (AvgIpc) is 2.78. The van der Waals surface area contributed by atoms with E-state index < -0.39 is 24.1 Å². The first-order valence-electron chi connectivity index (χ1n) is 8.21. The van der Waals surface area contributed by atoms with E-state index in [0.717, 1.165) is 0 Å². The number of carbonyl (C=O) groups excluding carboxylic acids is 1. The zero-order valence-electron chi connectivity index (χ0n) is 14.8. The number of carbonyl (C=O) groups is 1. The summed E-state index contributed by atoms with van der Waals surface area (Å²) < 4.78 is 25.8. The van der Waals surface area contributed by atoms with Crippen molar-refractivity contribution in [2.24, 2.45) is 0 Å². The third kappa shape index (κ3) is 3.46. The van der Waals surface area contributed by atoms with Gasteiger partial charge in [-0.15, -0.1) is 0 Å². The molecule has 25 heavy (non-hydrogen) atoms. The van der Waals surface area contributed by atoms with E-state index in [-0.39, 0.29) is 5.91 Å². The Morgan fingerprint density at radius 2 is 1.60 bits per heavy atom. The number of rotatable bonds is 3. The molecule has 2 aromatic carbocycles. The van der Waals surface area contributed by atoms with E-state index in [1.165, 1.54) is 18.2 Å². The molecule has 0 aromatic heterocycles. The lowest BCUT2D eigenvalue weighted by atomic mass is 9.77. The highest BCUT2D eigenvalue weighted by Crippen LogP contribution is 2.37. The first kappa shape index (κ1) is 17.6. The van der Waals surface area contributed by atoms with E-state index in [0.29, 0.717) is 16.7 Å². The Morgan fingerprint density at radius 3 is 2.20 bits per heavy atom. The van der Waals surface area contributed by atoms with Crippen LogP contribution in [0.15, 0.2) is 48.5 Å². The molecule has 1 saturated heterocycles. The fourth-order valence-electron chi connectivity index (χ4n) is 2.60. The summed E-state index contributed by atoms with van der Waals surface area (Å²) >= 11 is 0. The van der Waals surface area contributed by atoms with Gasteiger partial charge in [0.05, 0.1) is 11.2 Å². The third-order valence-corrected chi connectivity index (χ3v) is 4.80. The summed E-state index contributed by atoms with van der Waals surface area (Å²) in [4.78, 5) is 12.4. The lowest BCUT2D eigenvalue weighted by Crippen LogP contribution is -2.41. The van der Waals surface area contributed by atoms with Crippen LogP contribution >= 0.6 is 0 Å². The van der Waals surface area contributed by atoms with E-state index in [4.69, 9.17) is 9.31 Å². The van der Waals surface area contributed by atoms with Crippen LogP contribution in [0.5, 0.6) is 0 Å². The maximum Gasteiger partial charge on any atom is 0.497 e. The first-order chi connectivity index (χ1) is 11.7. The molecule has 3 rings (SSSR count). The van der Waals surface area contributed by atoms with Gasteiger partial charge in [0, 0.05) is 16.7 Å². The zero-order chi connectivity index (χ0) is 18.2. The molecule has 0 saturated carbocycles. The third-order valence-electron chi connectivity index (χ3n) is 4.80. The van der Waals surface area contributed by atoms with Gasteiger partial charge < -0.3 is 14.6 Å². The molecule has 6 heteroatoms. The number of hydrogen-bond acceptors (Lipinski definition) is 3. The summed E-state index contributed by atoms with van der Waals surface area (Å²) in [7, 11) is -0.758. The number of anilines is 1. The van der Waals surface area contributed by atoms with Gasteiger partial charge in [-0.05, 0) is 58.0 Å². The molecule has 4 nitrogen and oxygen atoms in total. The fraction of sp³-hybridized carbons (Fsp3) is 0.316. The molecule has 130 valence electrons. The summed E-state index contributed by atoms with van der Waals surface area (Å²) in [5.74, 6) is -0.688. The molecule has 0 radical (unpaired) electrons. The zero-order valence-corrected chi connectivity index (χ0v) is 14.8. The Labute approximate surface area is 147 Å². The molecule has 1 aliphatic rings. The van der Waals surface area contributed by atoms with E-state index in [1.54, 1.807) is 24.3 Å². The van der Waals surface area contributed by atoms with Crippen molar-refractivity contribution in [2.75, 3.05) is 5.32 Å². The summed E-state index contributed by atoms with van der Waals surface area (Å²) in [6.07, 6.45) is 0. The highest BCUT2D eigenvalue weighted by atomic mass is 19.1. The van der Waals surface area contributed by atoms with Crippen molar-refractivity contribution in [1.82, 2.24) is 0 Å². The van der Waals surface area contributed by atoms with Gasteiger partial charge in [-0.25, -0.2) is 4.39 Å². The second kappa shape index (κ2) is 6.28. The molecule has 0 spiro atoms. The predicted molar refractivity (Wildman–Crippen MR) is 96.5 cm³/mol. The minimum atomic E-state index is -0.758. The molecule has 0 aliphatic carbocycles. The van der Waals surface area contributed by atoms with Crippen molar-refractivity contribution in [3.63, 3.8) is 0 Å². The number of amides is 1. The van der Waals surface area contributed by atoms with Gasteiger partial charge in [0.15, 0.2) is 0 Å². The van der Waals surface area contributed by atoms with Gasteiger partial charge in [0.1, 0.15) is 5.82 Å². The van der Waals surface area contributed by atoms with Gasteiger partial charge in [-0.1, -0.05) is 18.2 Å². The summed E-state index contributed by atoms with van der Waals surface area (Å²) in [5, 5.41) is 2.82. The van der Waals surface area contributed by atoms with Crippen LogP contribution in [0, 0.1) is 5.82 Å². The monoisotopic (exact) mass is 341 g/mol. The van der Waals surface area contributed by atoms with Crippen molar-refractivity contribution in [1.29, 1.82) is 0 Å². The van der Waals surface area contributed by atoms with Gasteiger partial charge in [0.2, 0.25) is 0 Å². The molecular formula is C19H21BFNO3. The summed E-state index contributed by atoms with van der Waals surface area (Å²) in [6.45, 7) is 7.70. The van der Waals surface area contributed by atoms with E-state index in [2.05, 4.69) is 5.32 Å². The average molecular weight is 341 g/mol. The minimum absolute atomic E-state index is 0.273. The lowest BCUT2D eigenvalue weighted by Gasteiger charge is -2.32. The topological polar surface area (TPSA) is 47.6 Å². The van der Waals surface area contributed by atoms with Crippen LogP contribution in [-0.4, -0.2) is 24.2 Å². The normalized spacial score (nSPS) is 18.2. The minimum Gasteiger partial charge on any atom is -0.399 e. The lowest BCUT2D eigenvalue weighted by molar-refractivity contribution is 0.00578. The molecule has 1 aliphatic heterocycles. The standard InChI is InChI=1S/C19H21BFNO3/c1-18(2)19(3,4)25-20(24-18)15-12-14(21)10-11-16(15)22-17(23)13-8-6-5-7-9-13/h5-12H,1-4H3,(H,22,23). The van der Waals surface area contributed by atoms with Crippen LogP contribution < -0.4 is 10.8 Å². The molecule has 0 atom stereocenters. The number of benzene rings is 2. The maximum absolute atomic E-state index is 13.8. The van der Waals surface area contributed by atoms with Crippen LogP contribution in [0.25, 0.3) is 0 Å². The Bertz CT molecular complexity index is 777. The molecule has 1 N–H and O–H groups in total. The molecular weight excluding hydrogens is 320 g/mol. The van der Waals surface area contributed by atoms with Gasteiger partial charge in [-0.2, -0.15) is 0 Å². The van der Waals surface area contributed by atoms with Gasteiger partial charge in [-0.3, -0.25) is 4.79 Å². The molecule has 0 unspecified atom stereocenters. The molecule has 1 fully saturated rings. The van der Waals surface area contributed by atoms with Crippen LogP contribution in [0.2, 0.25) is 0 Å². The van der Waals surface area contributed by atoms with E-state index in [9.17, 15) is 9.18 Å². The highest BCUT2D eigenvalue weighted by molar-refractivity contribution is 6.64. The van der Waals surface area contributed by atoms with Crippen molar-refractivity contribution < 1.29 is 18.5 Å². The molecule has 1 heterocycles. The van der Waals surface area contributed by atoms with E-state index >= 15 is 0 Å². The van der Waals surface area contributed by atoms with Crippen LogP contribution in [-0.2, 0) is 9.31 Å². The second-order valence-electron chi connectivity index (χ2n) is 7.14. The second-order valence-corrected chi connectivity index (χ2v) is 7.14. The van der Waals surface area contributed by atoms with E-state index in [1.807, 2.05) is 33.8 Å². The maximum atomic E-state index is 13.8. The van der Waals surface area contributed by atoms with Crippen LogP contribution in [0.1, 0.15) is 38.1 Å². The Kier molecular flexibility index (Phi) is 4.43. The highest BCUT2D eigenvalue weighted by Gasteiger charge is 2.52. The smallest absolute Gasteiger partial charge is 0.399 e. The van der Waals surface area contributed by atoms with Crippen LogP contribution in [0.3, 0.4) is 0 Å². The molecule has 0 bridgehead atoms. The largest absolute Gasteiger partial charge is 0.497 e. The van der Waals surface area contributed by atoms with Crippen molar-refractivity contribution in [3.8, 4) is 0 Å². The molecule has 2 aromatic rings. The number of nitrogens with one attached hydrogen (secondary N) is 1. The molecule has 1 amide bonds. The summed E-state index contributed by atoms with van der Waals surface area (Å²) in [5.41, 5.74) is 0.346. The van der Waals surface area contributed by atoms with Gasteiger partial charge >= 0.3 is 7.12 Å². The van der Waals surface area contributed by atoms with Crippen molar-refractivity contribution >= 4 is 24.2 Å². The quantitative estimate of drug-likeness (QED) is 0.871. The van der Waals surface area contributed by atoms with Crippen molar-refractivity contribution in [2.45, 2.75) is 38.9 Å². The first-order valence-corrected chi connectivity index (χ1v) is 8.21. The van der Waals surface area contributed by atoms with Gasteiger partial charge in [0.25, 0.3) is 5.91 Å². The fourth-order valence-corrected chi connectivity index (χ4v) is 2.60. The Morgan fingerprint density at radius 1 is 1.00 bits per heavy atom. The number of halogens is 1. The number of hydrogen-bond donors (Lipinski definition) is 1. The SMILES string of the molecule is CC1(C)OB(c2cc(F)ccc2NC(=O)c2ccccc2)OC1(C)C. The Balaban J connectivity index is 1.91. The van der Waals surface area contributed by atoms with Crippen LogP contribution in [0.4, 0.5) is 10.1 Å². The predicted octanol–water partition coefficient (Wildman–Crippen LogP) is 3.38. The van der Waals surface area contributed by atoms with Crippen molar-refractivity contribution in [3.05, 3.63) is 59.9 Å². The Hall–Kier alpha value is -2.18.